The summed E-state index contributed by atoms with van der Waals surface area (Å²) < 4.78 is 19.2. The summed E-state index contributed by atoms with van der Waals surface area (Å²) in [5.74, 6) is 0.987. The number of benzene rings is 1. The average molecular weight is 492 g/mol. The Morgan fingerprint density at radius 2 is 2.00 bits per heavy atom. The van der Waals surface area contributed by atoms with Crippen molar-refractivity contribution in [1.29, 1.82) is 0 Å². The number of ether oxygens (including phenoxy) is 1. The molecule has 1 unspecified atom stereocenters. The number of guanidine groups is 1. The van der Waals surface area contributed by atoms with E-state index in [1.54, 1.807) is 36.6 Å². The Morgan fingerprint density at radius 3 is 2.62 bits per heavy atom. The van der Waals surface area contributed by atoms with Crippen molar-refractivity contribution in [2.75, 3.05) is 13.6 Å². The molecule has 5 nitrogen and oxygen atoms in total. The molecule has 1 heterocycles. The van der Waals surface area contributed by atoms with Crippen LogP contribution in [0.1, 0.15) is 37.4 Å². The van der Waals surface area contributed by atoms with E-state index in [1.165, 1.54) is 6.07 Å². The van der Waals surface area contributed by atoms with E-state index >= 15 is 0 Å². The number of nitrogens with zero attached hydrogens (tertiary/aromatic N) is 2. The van der Waals surface area contributed by atoms with Crippen LogP contribution in [0.4, 0.5) is 4.39 Å². The summed E-state index contributed by atoms with van der Waals surface area (Å²) in [5.41, 5.74) is 0.993. The highest BCUT2D eigenvalue weighted by Crippen LogP contribution is 2.19. The van der Waals surface area contributed by atoms with Crippen molar-refractivity contribution < 1.29 is 9.13 Å². The molecule has 1 atom stereocenters. The Labute approximate surface area is 175 Å². The molecule has 26 heavy (non-hydrogen) atoms. The molecule has 0 fully saturated rings. The monoisotopic (exact) mass is 492 g/mol. The van der Waals surface area contributed by atoms with Crippen molar-refractivity contribution in [2.45, 2.75) is 39.3 Å². The highest BCUT2D eigenvalue weighted by atomic mass is 127. The van der Waals surface area contributed by atoms with Crippen LogP contribution < -0.4 is 15.4 Å². The van der Waals surface area contributed by atoms with Crippen LogP contribution in [0, 0.1) is 5.82 Å². The van der Waals surface area contributed by atoms with E-state index in [0.717, 1.165) is 10.7 Å². The predicted octanol–water partition coefficient (Wildman–Crippen LogP) is 4.16. The van der Waals surface area contributed by atoms with Crippen molar-refractivity contribution in [1.82, 2.24) is 15.6 Å². The lowest BCUT2D eigenvalue weighted by Gasteiger charge is -2.17. The summed E-state index contributed by atoms with van der Waals surface area (Å²) in [6.45, 7) is 7.25. The van der Waals surface area contributed by atoms with E-state index in [1.807, 2.05) is 6.92 Å². The Morgan fingerprint density at radius 1 is 1.27 bits per heavy atom. The van der Waals surface area contributed by atoms with E-state index in [9.17, 15) is 4.39 Å². The molecule has 0 spiro atoms. The lowest BCUT2D eigenvalue weighted by Crippen LogP contribution is -2.41. The maximum atomic E-state index is 13.6. The third kappa shape index (κ3) is 7.06. The number of hydrogen-bond acceptors (Lipinski definition) is 4. The lowest BCUT2D eigenvalue weighted by molar-refractivity contribution is 0.214. The van der Waals surface area contributed by atoms with Gasteiger partial charge in [0.2, 0.25) is 0 Å². The van der Waals surface area contributed by atoms with Crippen molar-refractivity contribution in [2.24, 2.45) is 4.99 Å². The van der Waals surface area contributed by atoms with Gasteiger partial charge in [0.15, 0.2) is 17.5 Å². The molecule has 2 aromatic rings. The first-order valence-corrected chi connectivity index (χ1v) is 9.17. The smallest absolute Gasteiger partial charge is 0.191 e. The minimum absolute atomic E-state index is 0. The van der Waals surface area contributed by atoms with Gasteiger partial charge in [-0.15, -0.1) is 35.3 Å². The minimum Gasteiger partial charge on any atom is -0.486 e. The summed E-state index contributed by atoms with van der Waals surface area (Å²) in [5, 5.41) is 9.58. The standard InChI is InChI=1S/C18H25FN4OS.HI/c1-12(2)17-23-14(11-25-17)10-22-18(20-4)21-9-13(3)24-16-8-6-5-7-15(16)19;/h5-8,11-13H,9-10H2,1-4H3,(H2,20,21,22);1H. The molecule has 1 aromatic carbocycles. The normalized spacial score (nSPS) is 12.5. The van der Waals surface area contributed by atoms with Gasteiger partial charge in [-0.2, -0.15) is 0 Å². The summed E-state index contributed by atoms with van der Waals surface area (Å²) in [6, 6.07) is 6.39. The molecule has 0 saturated heterocycles. The first kappa shape index (κ1) is 22.6. The molecule has 8 heteroatoms. The van der Waals surface area contributed by atoms with Crippen LogP contribution in [-0.2, 0) is 6.54 Å². The highest BCUT2D eigenvalue weighted by Gasteiger charge is 2.10. The van der Waals surface area contributed by atoms with Gasteiger partial charge in [0.05, 0.1) is 23.8 Å². The molecular weight excluding hydrogens is 466 g/mol. The number of aliphatic imine (C=N–C) groups is 1. The van der Waals surface area contributed by atoms with E-state index in [0.29, 0.717) is 25.0 Å². The van der Waals surface area contributed by atoms with E-state index in [2.05, 4.69) is 39.8 Å². The molecule has 0 aliphatic rings. The topological polar surface area (TPSA) is 58.5 Å². The molecule has 0 saturated carbocycles. The summed E-state index contributed by atoms with van der Waals surface area (Å²) >= 11 is 1.67. The van der Waals surface area contributed by atoms with Gasteiger partial charge in [0, 0.05) is 18.3 Å². The molecule has 0 aliphatic carbocycles. The van der Waals surface area contributed by atoms with Gasteiger partial charge in [-0.1, -0.05) is 26.0 Å². The van der Waals surface area contributed by atoms with E-state index in [4.69, 9.17) is 4.74 Å². The number of thiazole rings is 1. The summed E-state index contributed by atoms with van der Waals surface area (Å²) in [6.07, 6.45) is -0.206. The zero-order valence-electron chi connectivity index (χ0n) is 15.5. The van der Waals surface area contributed by atoms with Crippen molar-refractivity contribution >= 4 is 41.3 Å². The third-order valence-corrected chi connectivity index (χ3v) is 4.64. The van der Waals surface area contributed by atoms with Crippen molar-refractivity contribution in [3.05, 3.63) is 46.2 Å². The molecule has 0 amide bonds. The van der Waals surface area contributed by atoms with Crippen LogP contribution >= 0.6 is 35.3 Å². The quantitative estimate of drug-likeness (QED) is 0.347. The Kier molecular flexibility index (Phi) is 9.85. The van der Waals surface area contributed by atoms with Gasteiger partial charge in [-0.3, -0.25) is 4.99 Å². The van der Waals surface area contributed by atoms with Crippen LogP contribution in [0.25, 0.3) is 0 Å². The molecule has 144 valence electrons. The van der Waals surface area contributed by atoms with Crippen LogP contribution in [0.3, 0.4) is 0 Å². The van der Waals surface area contributed by atoms with E-state index < -0.39 is 0 Å². The molecule has 2 rings (SSSR count). The number of rotatable bonds is 7. The number of halogens is 2. The second-order valence-corrected chi connectivity index (χ2v) is 6.89. The zero-order chi connectivity index (χ0) is 18.2. The number of para-hydroxylation sites is 1. The second kappa shape index (κ2) is 11.3. The zero-order valence-corrected chi connectivity index (χ0v) is 18.6. The van der Waals surface area contributed by atoms with Crippen molar-refractivity contribution in [3.63, 3.8) is 0 Å². The molecule has 0 radical (unpaired) electrons. The molecular formula is C18H26FIN4OS. The number of nitrogens with one attached hydrogen (secondary N) is 2. The van der Waals surface area contributed by atoms with Gasteiger partial charge in [-0.25, -0.2) is 9.37 Å². The Hall–Kier alpha value is -1.42. The van der Waals surface area contributed by atoms with E-state index in [-0.39, 0.29) is 41.6 Å². The van der Waals surface area contributed by atoms with Gasteiger partial charge >= 0.3 is 0 Å². The molecule has 0 bridgehead atoms. The Balaban J connectivity index is 0.00000338. The predicted molar refractivity (Wildman–Crippen MR) is 116 cm³/mol. The summed E-state index contributed by atoms with van der Waals surface area (Å²) in [4.78, 5) is 8.77. The first-order chi connectivity index (χ1) is 12.0. The van der Waals surface area contributed by atoms with Crippen LogP contribution in [0.15, 0.2) is 34.6 Å². The molecule has 0 aliphatic heterocycles. The summed E-state index contributed by atoms with van der Waals surface area (Å²) in [7, 11) is 1.71. The largest absolute Gasteiger partial charge is 0.486 e. The Bertz CT molecular complexity index is 708. The van der Waals surface area contributed by atoms with Crippen LogP contribution in [0.2, 0.25) is 0 Å². The maximum absolute atomic E-state index is 13.6. The fraction of sp³-hybridized carbons (Fsp3) is 0.444. The van der Waals surface area contributed by atoms with Crippen LogP contribution in [0.5, 0.6) is 5.75 Å². The maximum Gasteiger partial charge on any atom is 0.191 e. The van der Waals surface area contributed by atoms with Gasteiger partial charge in [0.1, 0.15) is 6.10 Å². The average Bonchev–Trinajstić information content (AvgIpc) is 3.06. The third-order valence-electron chi connectivity index (χ3n) is 3.45. The molecule has 1 aromatic heterocycles. The number of aromatic nitrogens is 1. The van der Waals surface area contributed by atoms with Crippen molar-refractivity contribution in [3.8, 4) is 5.75 Å². The molecule has 2 N–H and O–H groups in total. The lowest BCUT2D eigenvalue weighted by atomic mass is 10.2. The first-order valence-electron chi connectivity index (χ1n) is 8.29. The van der Waals surface area contributed by atoms with Gasteiger partial charge in [0.25, 0.3) is 0 Å². The minimum atomic E-state index is -0.360. The van der Waals surface area contributed by atoms with Gasteiger partial charge in [-0.05, 0) is 19.1 Å². The number of hydrogen-bond donors (Lipinski definition) is 2. The van der Waals surface area contributed by atoms with Crippen LogP contribution in [-0.4, -0.2) is 30.6 Å². The second-order valence-electron chi connectivity index (χ2n) is 6.00. The van der Waals surface area contributed by atoms with Gasteiger partial charge < -0.3 is 15.4 Å². The highest BCUT2D eigenvalue weighted by molar-refractivity contribution is 14.0. The fourth-order valence-electron chi connectivity index (χ4n) is 2.10. The SMILES string of the molecule is CN=C(NCc1csc(C(C)C)n1)NCC(C)Oc1ccccc1F.I. The fourth-order valence-corrected chi connectivity index (χ4v) is 2.94.